The maximum atomic E-state index is 13.2. The molecule has 32 heavy (non-hydrogen) atoms. The van der Waals surface area contributed by atoms with Gasteiger partial charge in [-0.25, -0.2) is 0 Å². The molecule has 0 aliphatic carbocycles. The van der Waals surface area contributed by atoms with Crippen LogP contribution in [0.3, 0.4) is 0 Å². The second-order valence-electron chi connectivity index (χ2n) is 8.66. The molecule has 1 fully saturated rings. The lowest BCUT2D eigenvalue weighted by atomic mass is 10.0. The fourth-order valence-corrected chi connectivity index (χ4v) is 4.58. The summed E-state index contributed by atoms with van der Waals surface area (Å²) in [5.41, 5.74) is 5.98. The third kappa shape index (κ3) is 5.05. The van der Waals surface area contributed by atoms with Crippen molar-refractivity contribution in [3.8, 4) is 11.1 Å². The van der Waals surface area contributed by atoms with E-state index in [2.05, 4.69) is 67.5 Å². The number of aryl methyl sites for hydroxylation is 2. The van der Waals surface area contributed by atoms with Crippen LogP contribution in [-0.2, 0) is 7.05 Å². The zero-order valence-corrected chi connectivity index (χ0v) is 20.7. The van der Waals surface area contributed by atoms with Crippen molar-refractivity contribution in [2.75, 3.05) is 38.1 Å². The van der Waals surface area contributed by atoms with Crippen molar-refractivity contribution in [3.63, 3.8) is 0 Å². The number of hydrogen-bond acceptors (Lipinski definition) is 4. The molecule has 0 spiro atoms. The van der Waals surface area contributed by atoms with Crippen LogP contribution in [-0.4, -0.2) is 53.8 Å². The number of benzene rings is 2. The van der Waals surface area contributed by atoms with E-state index in [0.29, 0.717) is 0 Å². The fraction of sp³-hybridized carbons (Fsp3) is 0.360. The first-order chi connectivity index (χ1) is 15.3. The summed E-state index contributed by atoms with van der Waals surface area (Å²) >= 11 is 3.62. The van der Waals surface area contributed by atoms with Crippen molar-refractivity contribution in [1.29, 1.82) is 0 Å². The first-order valence-electron chi connectivity index (χ1n) is 10.9. The monoisotopic (exact) mass is 495 g/mol. The Labute approximate surface area is 198 Å². The third-order valence-electron chi connectivity index (χ3n) is 6.14. The quantitative estimate of drug-likeness (QED) is 0.569. The highest BCUT2D eigenvalue weighted by Crippen LogP contribution is 2.28. The molecule has 4 rings (SSSR count). The molecule has 1 aliphatic rings. The highest BCUT2D eigenvalue weighted by atomic mass is 79.9. The molecule has 168 valence electrons. The van der Waals surface area contributed by atoms with Crippen molar-refractivity contribution in [2.45, 2.75) is 19.9 Å². The molecular weight excluding hydrogens is 466 g/mol. The van der Waals surface area contributed by atoms with Crippen LogP contribution in [0.15, 0.2) is 53.3 Å². The number of nitrogens with zero attached hydrogens (tertiary/aromatic N) is 4. The van der Waals surface area contributed by atoms with E-state index in [1.807, 2.05) is 45.4 Å². The van der Waals surface area contributed by atoms with Crippen molar-refractivity contribution < 1.29 is 4.79 Å². The zero-order valence-electron chi connectivity index (χ0n) is 19.1. The van der Waals surface area contributed by atoms with Crippen LogP contribution in [0.2, 0.25) is 0 Å². The molecule has 2 heterocycles. The molecular formula is C25H30BrN5O. The van der Waals surface area contributed by atoms with Gasteiger partial charge in [0.25, 0.3) is 5.91 Å². The normalized spacial score (nSPS) is 15.6. The molecule has 3 aromatic rings. The predicted octanol–water partition coefficient (Wildman–Crippen LogP) is 4.40. The number of piperazine rings is 1. The van der Waals surface area contributed by atoms with Gasteiger partial charge in [0.2, 0.25) is 0 Å². The number of aromatic nitrogens is 2. The van der Waals surface area contributed by atoms with E-state index in [9.17, 15) is 4.79 Å². The molecule has 0 bridgehead atoms. The summed E-state index contributed by atoms with van der Waals surface area (Å²) in [6, 6.07) is 12.3. The Morgan fingerprint density at radius 3 is 2.50 bits per heavy atom. The third-order valence-corrected chi connectivity index (χ3v) is 6.60. The molecule has 0 saturated carbocycles. The summed E-state index contributed by atoms with van der Waals surface area (Å²) in [5, 5.41) is 7.47. The van der Waals surface area contributed by atoms with Gasteiger partial charge in [-0.15, -0.1) is 0 Å². The minimum Gasteiger partial charge on any atom is -0.369 e. The second kappa shape index (κ2) is 9.46. The summed E-state index contributed by atoms with van der Waals surface area (Å²) in [4.78, 5) is 17.9. The minimum atomic E-state index is -0.137. The van der Waals surface area contributed by atoms with Crippen molar-refractivity contribution in [2.24, 2.45) is 7.05 Å². The van der Waals surface area contributed by atoms with Gasteiger partial charge in [0.15, 0.2) is 0 Å². The molecule has 1 saturated heterocycles. The van der Waals surface area contributed by atoms with Crippen LogP contribution in [0, 0.1) is 6.92 Å². The highest BCUT2D eigenvalue weighted by molar-refractivity contribution is 9.10. The average Bonchev–Trinajstić information content (AvgIpc) is 3.20. The van der Waals surface area contributed by atoms with E-state index in [1.165, 1.54) is 0 Å². The van der Waals surface area contributed by atoms with Crippen LogP contribution in [0.25, 0.3) is 11.1 Å². The zero-order chi connectivity index (χ0) is 22.8. The molecule has 2 aromatic carbocycles. The summed E-state index contributed by atoms with van der Waals surface area (Å²) in [7, 11) is 4.05. The van der Waals surface area contributed by atoms with Gasteiger partial charge in [-0.2, -0.15) is 5.10 Å². The smallest absolute Gasteiger partial charge is 0.252 e. The molecule has 1 N–H and O–H groups in total. The largest absolute Gasteiger partial charge is 0.369 e. The number of likely N-dealkylation sites (N-methyl/N-ethyl adjacent to an activating group) is 1. The van der Waals surface area contributed by atoms with Crippen molar-refractivity contribution in [3.05, 3.63) is 70.0 Å². The van der Waals surface area contributed by atoms with Gasteiger partial charge in [-0.05, 0) is 67.9 Å². The Morgan fingerprint density at radius 2 is 1.81 bits per heavy atom. The van der Waals surface area contributed by atoms with Crippen molar-refractivity contribution in [1.82, 2.24) is 20.0 Å². The summed E-state index contributed by atoms with van der Waals surface area (Å²) in [6.07, 6.45) is 3.84. The maximum Gasteiger partial charge on any atom is 0.252 e. The van der Waals surface area contributed by atoms with Crippen molar-refractivity contribution >= 4 is 27.5 Å². The lowest BCUT2D eigenvalue weighted by Gasteiger charge is -2.34. The van der Waals surface area contributed by atoms with Gasteiger partial charge < -0.3 is 15.1 Å². The molecule has 6 nitrogen and oxygen atoms in total. The molecule has 1 aliphatic heterocycles. The number of amides is 1. The number of carbonyl (C=O) groups excluding carboxylic acids is 1. The van der Waals surface area contributed by atoms with E-state index < -0.39 is 0 Å². The van der Waals surface area contributed by atoms with Crippen LogP contribution in [0.4, 0.5) is 5.69 Å². The van der Waals surface area contributed by atoms with Crippen LogP contribution >= 0.6 is 15.9 Å². The number of carbonyl (C=O) groups is 1. The minimum absolute atomic E-state index is 0.0473. The molecule has 1 atom stereocenters. The molecule has 7 heteroatoms. The van der Waals surface area contributed by atoms with Gasteiger partial charge >= 0.3 is 0 Å². The van der Waals surface area contributed by atoms with Gasteiger partial charge in [-0.1, -0.05) is 22.0 Å². The maximum absolute atomic E-state index is 13.2. The lowest BCUT2D eigenvalue weighted by Crippen LogP contribution is -2.44. The van der Waals surface area contributed by atoms with Crippen LogP contribution in [0.5, 0.6) is 0 Å². The number of rotatable bonds is 5. The fourth-order valence-electron chi connectivity index (χ4n) is 4.07. The van der Waals surface area contributed by atoms with Gasteiger partial charge in [0.1, 0.15) is 0 Å². The number of nitrogens with one attached hydrogen (secondary N) is 1. The van der Waals surface area contributed by atoms with E-state index in [1.54, 1.807) is 4.68 Å². The molecule has 1 aromatic heterocycles. The summed E-state index contributed by atoms with van der Waals surface area (Å²) in [6.45, 7) is 8.04. The number of anilines is 1. The van der Waals surface area contributed by atoms with E-state index >= 15 is 0 Å². The summed E-state index contributed by atoms with van der Waals surface area (Å²) in [5.74, 6) is -0.0473. The Kier molecular flexibility index (Phi) is 6.67. The van der Waals surface area contributed by atoms with Gasteiger partial charge in [0, 0.05) is 60.7 Å². The second-order valence-corrected chi connectivity index (χ2v) is 9.58. The Bertz CT molecular complexity index is 1120. The first-order valence-corrected chi connectivity index (χ1v) is 11.7. The number of hydrogen-bond donors (Lipinski definition) is 1. The lowest BCUT2D eigenvalue weighted by molar-refractivity contribution is 0.0939. The predicted molar refractivity (Wildman–Crippen MR) is 133 cm³/mol. The summed E-state index contributed by atoms with van der Waals surface area (Å²) < 4.78 is 2.76. The van der Waals surface area contributed by atoms with E-state index in [-0.39, 0.29) is 11.9 Å². The Hall–Kier alpha value is -2.64. The molecule has 1 amide bonds. The van der Waals surface area contributed by atoms with Gasteiger partial charge in [0.05, 0.1) is 12.2 Å². The van der Waals surface area contributed by atoms with Crippen LogP contribution < -0.4 is 10.2 Å². The van der Waals surface area contributed by atoms with Gasteiger partial charge in [-0.3, -0.25) is 9.48 Å². The highest BCUT2D eigenvalue weighted by Gasteiger charge is 2.19. The van der Waals surface area contributed by atoms with Crippen LogP contribution in [0.1, 0.15) is 34.5 Å². The standard InChI is InChI=1S/C25H30BrN5O/c1-17-5-6-23(31-9-7-29(3)8-10-31)14-24(17)25(32)28-18(2)19-11-20(13-22(26)12-19)21-15-27-30(4)16-21/h5-6,11-16,18H,7-10H2,1-4H3,(H,28,32)/t18-/m1/s1. The average molecular weight is 496 g/mol. The Morgan fingerprint density at radius 1 is 1.06 bits per heavy atom. The topological polar surface area (TPSA) is 53.4 Å². The molecule has 0 radical (unpaired) electrons. The molecule has 0 unspecified atom stereocenters. The van der Waals surface area contributed by atoms with E-state index in [4.69, 9.17) is 0 Å². The van der Waals surface area contributed by atoms with E-state index in [0.717, 1.165) is 64.2 Å². The SMILES string of the molecule is Cc1ccc(N2CCN(C)CC2)cc1C(=O)N[C@H](C)c1cc(Br)cc(-c2cnn(C)c2)c1. The first kappa shape index (κ1) is 22.6. The Balaban J connectivity index is 1.53. The number of halogens is 1.